The van der Waals surface area contributed by atoms with E-state index in [-0.39, 0.29) is 15.8 Å². The smallest absolute Gasteiger partial charge is 0.331 e. The molecule has 1 aromatic heterocycles. The molecule has 2 N–H and O–H groups in total. The van der Waals surface area contributed by atoms with Crippen LogP contribution in [0.25, 0.3) is 0 Å². The van der Waals surface area contributed by atoms with Crippen LogP contribution in [0.3, 0.4) is 0 Å². The second-order valence-electron chi connectivity index (χ2n) is 4.19. The number of rotatable bonds is 6. The largest absolute Gasteiger partial charge is 0.481 e. The van der Waals surface area contributed by atoms with Crippen molar-refractivity contribution in [2.45, 2.75) is 6.04 Å². The summed E-state index contributed by atoms with van der Waals surface area (Å²) in [6.07, 6.45) is 0. The summed E-state index contributed by atoms with van der Waals surface area (Å²) in [5.74, 6) is -1.55. The quantitative estimate of drug-likeness (QED) is 0.828. The standard InChI is InChI=1S/C14H11Cl2NO4S/c15-8-3-1-4-9(16)13(8)21-7-11(18)17-12(14(19)20)10-5-2-6-22-10/h1-6,12H,7H2,(H,17,18)(H,19,20). The number of aliphatic carboxylic acids is 1. The van der Waals surface area contributed by atoms with Crippen LogP contribution in [-0.4, -0.2) is 23.6 Å². The van der Waals surface area contributed by atoms with Crippen LogP contribution < -0.4 is 10.1 Å². The van der Waals surface area contributed by atoms with Crippen molar-refractivity contribution in [1.29, 1.82) is 0 Å². The summed E-state index contributed by atoms with van der Waals surface area (Å²) in [6.45, 7) is -0.390. The number of carbonyl (C=O) groups excluding carboxylic acids is 1. The zero-order chi connectivity index (χ0) is 16.1. The molecule has 8 heteroatoms. The van der Waals surface area contributed by atoms with Crippen LogP contribution in [0.4, 0.5) is 0 Å². The molecule has 0 aliphatic rings. The lowest BCUT2D eigenvalue weighted by atomic mass is 10.2. The summed E-state index contributed by atoms with van der Waals surface area (Å²) >= 11 is 13.1. The highest BCUT2D eigenvalue weighted by molar-refractivity contribution is 7.10. The first-order chi connectivity index (χ1) is 10.5. The molecule has 0 aliphatic heterocycles. The molecule has 0 fully saturated rings. The van der Waals surface area contributed by atoms with Crippen LogP contribution >= 0.6 is 34.5 Å². The van der Waals surface area contributed by atoms with Gasteiger partial charge in [0, 0.05) is 4.88 Å². The molecule has 1 unspecified atom stereocenters. The van der Waals surface area contributed by atoms with E-state index in [4.69, 9.17) is 27.9 Å². The van der Waals surface area contributed by atoms with E-state index in [0.29, 0.717) is 4.88 Å². The number of amides is 1. The van der Waals surface area contributed by atoms with Gasteiger partial charge in [0.25, 0.3) is 5.91 Å². The van der Waals surface area contributed by atoms with Gasteiger partial charge in [-0.25, -0.2) is 4.79 Å². The van der Waals surface area contributed by atoms with E-state index in [1.165, 1.54) is 11.3 Å². The van der Waals surface area contributed by atoms with E-state index >= 15 is 0 Å². The number of nitrogens with one attached hydrogen (secondary N) is 1. The third kappa shape index (κ3) is 4.13. The first-order valence-corrected chi connectivity index (χ1v) is 7.75. The van der Waals surface area contributed by atoms with Crippen molar-refractivity contribution in [3.05, 3.63) is 50.6 Å². The summed E-state index contributed by atoms with van der Waals surface area (Å²) in [5.41, 5.74) is 0. The number of thiophene rings is 1. The van der Waals surface area contributed by atoms with Crippen molar-refractivity contribution in [2.24, 2.45) is 0 Å². The Hall–Kier alpha value is -1.76. The van der Waals surface area contributed by atoms with Crippen molar-refractivity contribution in [1.82, 2.24) is 5.32 Å². The van der Waals surface area contributed by atoms with Crippen molar-refractivity contribution in [3.63, 3.8) is 0 Å². The van der Waals surface area contributed by atoms with Gasteiger partial charge in [-0.3, -0.25) is 4.79 Å². The summed E-state index contributed by atoms with van der Waals surface area (Å²) in [4.78, 5) is 23.6. The van der Waals surface area contributed by atoms with E-state index in [1.54, 1.807) is 35.7 Å². The van der Waals surface area contributed by atoms with Gasteiger partial charge < -0.3 is 15.2 Å². The maximum Gasteiger partial charge on any atom is 0.331 e. The van der Waals surface area contributed by atoms with Gasteiger partial charge in [-0.1, -0.05) is 35.3 Å². The molecule has 0 spiro atoms. The molecular formula is C14H11Cl2NO4S. The molecule has 5 nitrogen and oxygen atoms in total. The fraction of sp³-hybridized carbons (Fsp3) is 0.143. The second kappa shape index (κ2) is 7.49. The highest BCUT2D eigenvalue weighted by Crippen LogP contribution is 2.32. The molecule has 0 radical (unpaired) electrons. The van der Waals surface area contributed by atoms with E-state index in [1.807, 2.05) is 0 Å². The number of benzene rings is 1. The number of hydrogen-bond acceptors (Lipinski definition) is 4. The molecule has 1 atom stereocenters. The summed E-state index contributed by atoms with van der Waals surface area (Å²) in [7, 11) is 0. The Bertz CT molecular complexity index is 655. The van der Waals surface area contributed by atoms with Crippen LogP contribution in [0, 0.1) is 0 Å². The molecule has 2 rings (SSSR count). The van der Waals surface area contributed by atoms with Crippen molar-refractivity contribution in [3.8, 4) is 5.75 Å². The Morgan fingerprint density at radius 3 is 2.45 bits per heavy atom. The topological polar surface area (TPSA) is 75.6 Å². The lowest BCUT2D eigenvalue weighted by molar-refractivity contribution is -0.142. The Balaban J connectivity index is 1.99. The molecule has 0 aliphatic carbocycles. The summed E-state index contributed by atoms with van der Waals surface area (Å²) in [6, 6.07) is 7.03. The second-order valence-corrected chi connectivity index (χ2v) is 5.99. The van der Waals surface area contributed by atoms with Crippen LogP contribution in [0.1, 0.15) is 10.9 Å². The highest BCUT2D eigenvalue weighted by Gasteiger charge is 2.23. The maximum absolute atomic E-state index is 11.9. The van der Waals surface area contributed by atoms with Gasteiger partial charge in [0.1, 0.15) is 0 Å². The molecule has 22 heavy (non-hydrogen) atoms. The van der Waals surface area contributed by atoms with Gasteiger partial charge in [0.15, 0.2) is 18.4 Å². The molecule has 116 valence electrons. The third-order valence-electron chi connectivity index (χ3n) is 2.65. The molecule has 2 aromatic rings. The lowest BCUT2D eigenvalue weighted by Crippen LogP contribution is -2.36. The SMILES string of the molecule is O=C(COc1c(Cl)cccc1Cl)NC(C(=O)O)c1cccs1. The minimum Gasteiger partial charge on any atom is -0.481 e. The van der Waals surface area contributed by atoms with Gasteiger partial charge in [0.2, 0.25) is 0 Å². The number of carboxylic acids is 1. The number of hydrogen-bond donors (Lipinski definition) is 2. The molecule has 0 bridgehead atoms. The number of halogens is 2. The lowest BCUT2D eigenvalue weighted by Gasteiger charge is -2.14. The molecule has 0 saturated heterocycles. The average molecular weight is 360 g/mol. The van der Waals surface area contributed by atoms with Crippen molar-refractivity contribution in [2.75, 3.05) is 6.61 Å². The highest BCUT2D eigenvalue weighted by atomic mass is 35.5. The summed E-state index contributed by atoms with van der Waals surface area (Å²) in [5, 5.41) is 13.8. The van der Waals surface area contributed by atoms with E-state index in [0.717, 1.165) is 0 Å². The Morgan fingerprint density at radius 1 is 1.23 bits per heavy atom. The van der Waals surface area contributed by atoms with Crippen LogP contribution in [0.5, 0.6) is 5.75 Å². The molecule has 0 saturated carbocycles. The minimum atomic E-state index is -1.15. The van der Waals surface area contributed by atoms with Gasteiger partial charge in [-0.15, -0.1) is 11.3 Å². The molecule has 1 aromatic carbocycles. The first-order valence-electron chi connectivity index (χ1n) is 6.11. The Morgan fingerprint density at radius 2 is 1.91 bits per heavy atom. The molecular weight excluding hydrogens is 349 g/mol. The van der Waals surface area contributed by atoms with E-state index in [9.17, 15) is 14.7 Å². The van der Waals surface area contributed by atoms with Crippen LogP contribution in [-0.2, 0) is 9.59 Å². The summed E-state index contributed by atoms with van der Waals surface area (Å²) < 4.78 is 5.26. The molecule has 1 heterocycles. The first kappa shape index (κ1) is 16.6. The molecule has 1 amide bonds. The Kier molecular flexibility index (Phi) is 5.65. The predicted molar refractivity (Wildman–Crippen MR) is 84.8 cm³/mol. The van der Waals surface area contributed by atoms with Crippen molar-refractivity contribution < 1.29 is 19.4 Å². The average Bonchev–Trinajstić information content (AvgIpc) is 2.97. The maximum atomic E-state index is 11.9. The van der Waals surface area contributed by atoms with Gasteiger partial charge in [-0.05, 0) is 23.6 Å². The predicted octanol–water partition coefficient (Wildman–Crippen LogP) is 3.38. The van der Waals surface area contributed by atoms with Gasteiger partial charge in [-0.2, -0.15) is 0 Å². The van der Waals surface area contributed by atoms with Gasteiger partial charge in [0.05, 0.1) is 10.0 Å². The zero-order valence-electron chi connectivity index (χ0n) is 11.1. The van der Waals surface area contributed by atoms with E-state index < -0.39 is 24.5 Å². The Labute approximate surface area is 140 Å². The number of carboxylic acid groups (broad SMARTS) is 1. The zero-order valence-corrected chi connectivity index (χ0v) is 13.4. The number of ether oxygens (including phenoxy) is 1. The number of para-hydroxylation sites is 1. The fourth-order valence-electron chi connectivity index (χ4n) is 1.67. The normalized spacial score (nSPS) is 11.7. The minimum absolute atomic E-state index is 0.184. The fourth-order valence-corrected chi connectivity index (χ4v) is 2.94. The van der Waals surface area contributed by atoms with Crippen LogP contribution in [0.15, 0.2) is 35.7 Å². The number of carbonyl (C=O) groups is 2. The van der Waals surface area contributed by atoms with Crippen LogP contribution in [0.2, 0.25) is 10.0 Å². The monoisotopic (exact) mass is 359 g/mol. The van der Waals surface area contributed by atoms with E-state index in [2.05, 4.69) is 5.32 Å². The van der Waals surface area contributed by atoms with Crippen molar-refractivity contribution >= 4 is 46.4 Å². The third-order valence-corrected chi connectivity index (χ3v) is 4.18. The van der Waals surface area contributed by atoms with Gasteiger partial charge >= 0.3 is 5.97 Å².